The van der Waals surface area contributed by atoms with Crippen molar-refractivity contribution < 1.29 is 14.0 Å². The fraction of sp³-hybridized carbons (Fsp3) is 0.167. The van der Waals surface area contributed by atoms with E-state index in [-0.39, 0.29) is 30.1 Å². The van der Waals surface area contributed by atoms with Gasteiger partial charge in [0.25, 0.3) is 0 Å². The standard InChI is InChI=1S/C24H21FN2O2/c25-19-11-13-21(14-12-19)27-16-20(15-22(27)28)26-24(29)23(17-7-3-1-4-8-17)18-9-5-2-6-10-18/h1-14,20,23H,15-16H2,(H,26,29)/t20-/m0/s1. The molecule has 0 aromatic heterocycles. The Balaban J connectivity index is 1.52. The molecule has 0 saturated carbocycles. The number of nitrogens with one attached hydrogen (secondary N) is 1. The fourth-order valence-corrected chi connectivity index (χ4v) is 3.75. The van der Waals surface area contributed by atoms with Crippen LogP contribution in [0.4, 0.5) is 10.1 Å². The zero-order valence-electron chi connectivity index (χ0n) is 15.8. The van der Waals surface area contributed by atoms with Crippen LogP contribution in [0, 0.1) is 5.82 Å². The lowest BCUT2D eigenvalue weighted by Gasteiger charge is -2.21. The molecule has 3 aromatic rings. The molecule has 2 amide bonds. The number of nitrogens with zero attached hydrogens (tertiary/aromatic N) is 1. The van der Waals surface area contributed by atoms with Crippen LogP contribution in [0.5, 0.6) is 0 Å². The number of rotatable bonds is 5. The Labute approximate surface area is 169 Å². The van der Waals surface area contributed by atoms with Gasteiger partial charge in [-0.15, -0.1) is 0 Å². The normalized spacial score (nSPS) is 16.3. The molecule has 1 heterocycles. The van der Waals surface area contributed by atoms with Crippen molar-refractivity contribution in [2.45, 2.75) is 18.4 Å². The smallest absolute Gasteiger partial charge is 0.232 e. The molecule has 1 aliphatic heterocycles. The predicted octanol–water partition coefficient (Wildman–Crippen LogP) is 3.88. The van der Waals surface area contributed by atoms with E-state index in [2.05, 4.69) is 5.32 Å². The van der Waals surface area contributed by atoms with Crippen LogP contribution in [0.3, 0.4) is 0 Å². The van der Waals surface area contributed by atoms with Gasteiger partial charge in [0.15, 0.2) is 0 Å². The molecule has 29 heavy (non-hydrogen) atoms. The topological polar surface area (TPSA) is 49.4 Å². The lowest BCUT2D eigenvalue weighted by molar-refractivity contribution is -0.122. The summed E-state index contributed by atoms with van der Waals surface area (Å²) < 4.78 is 13.2. The third-order valence-electron chi connectivity index (χ3n) is 5.14. The molecule has 4 rings (SSSR count). The van der Waals surface area contributed by atoms with E-state index in [4.69, 9.17) is 0 Å². The van der Waals surface area contributed by atoms with Crippen LogP contribution in [0.2, 0.25) is 0 Å². The highest BCUT2D eigenvalue weighted by molar-refractivity contribution is 5.97. The van der Waals surface area contributed by atoms with Crippen LogP contribution < -0.4 is 10.2 Å². The zero-order chi connectivity index (χ0) is 20.2. The van der Waals surface area contributed by atoms with Crippen LogP contribution in [0.25, 0.3) is 0 Å². The van der Waals surface area contributed by atoms with Crippen molar-refractivity contribution in [1.82, 2.24) is 5.32 Å². The monoisotopic (exact) mass is 388 g/mol. The number of amides is 2. The number of benzene rings is 3. The molecule has 4 nitrogen and oxygen atoms in total. The van der Waals surface area contributed by atoms with Crippen LogP contribution in [0.1, 0.15) is 23.5 Å². The van der Waals surface area contributed by atoms with E-state index in [9.17, 15) is 14.0 Å². The first-order chi connectivity index (χ1) is 14.1. The molecule has 0 unspecified atom stereocenters. The Morgan fingerprint density at radius 3 is 2.00 bits per heavy atom. The summed E-state index contributed by atoms with van der Waals surface area (Å²) in [5.74, 6) is -1.02. The van der Waals surface area contributed by atoms with Gasteiger partial charge in [0.2, 0.25) is 11.8 Å². The van der Waals surface area contributed by atoms with Crippen LogP contribution in [-0.2, 0) is 9.59 Å². The summed E-state index contributed by atoms with van der Waals surface area (Å²) >= 11 is 0. The Hall–Kier alpha value is -3.47. The molecule has 146 valence electrons. The van der Waals surface area contributed by atoms with E-state index in [1.165, 1.54) is 12.1 Å². The molecule has 1 aliphatic rings. The SMILES string of the molecule is O=C(N[C@H]1CC(=O)N(c2ccc(F)cc2)C1)C(c1ccccc1)c1ccccc1. The van der Waals surface area contributed by atoms with Crippen molar-refractivity contribution in [2.24, 2.45) is 0 Å². The van der Waals surface area contributed by atoms with Gasteiger partial charge >= 0.3 is 0 Å². The molecule has 5 heteroatoms. The highest BCUT2D eigenvalue weighted by Crippen LogP contribution is 2.26. The van der Waals surface area contributed by atoms with Gasteiger partial charge in [0.05, 0.1) is 12.0 Å². The van der Waals surface area contributed by atoms with Crippen LogP contribution >= 0.6 is 0 Å². The maximum Gasteiger partial charge on any atom is 0.232 e. The van der Waals surface area contributed by atoms with Crippen LogP contribution in [-0.4, -0.2) is 24.4 Å². The molecule has 0 bridgehead atoms. The quantitative estimate of drug-likeness (QED) is 0.721. The van der Waals surface area contributed by atoms with Gasteiger partial charge in [-0.25, -0.2) is 4.39 Å². The number of carbonyl (C=O) groups excluding carboxylic acids is 2. The van der Waals surface area contributed by atoms with Crippen molar-refractivity contribution in [2.75, 3.05) is 11.4 Å². The summed E-state index contributed by atoms with van der Waals surface area (Å²) in [6.07, 6.45) is 0.222. The maximum absolute atomic E-state index is 13.2. The highest BCUT2D eigenvalue weighted by Gasteiger charge is 2.33. The van der Waals surface area contributed by atoms with Gasteiger partial charge in [-0.2, -0.15) is 0 Å². The minimum absolute atomic E-state index is 0.0853. The summed E-state index contributed by atoms with van der Waals surface area (Å²) in [6, 6.07) is 24.7. The van der Waals surface area contributed by atoms with E-state index in [0.29, 0.717) is 12.2 Å². The number of hydrogen-bond acceptors (Lipinski definition) is 2. The third-order valence-corrected chi connectivity index (χ3v) is 5.14. The molecule has 0 radical (unpaired) electrons. The van der Waals surface area contributed by atoms with Gasteiger partial charge in [-0.1, -0.05) is 60.7 Å². The summed E-state index contributed by atoms with van der Waals surface area (Å²) in [7, 11) is 0. The van der Waals surface area contributed by atoms with Gasteiger partial charge in [-0.05, 0) is 35.4 Å². The predicted molar refractivity (Wildman–Crippen MR) is 110 cm³/mol. The summed E-state index contributed by atoms with van der Waals surface area (Å²) in [5.41, 5.74) is 2.43. The summed E-state index contributed by atoms with van der Waals surface area (Å²) in [6.45, 7) is 0.368. The van der Waals surface area contributed by atoms with Crippen molar-refractivity contribution in [1.29, 1.82) is 0 Å². The second-order valence-corrected chi connectivity index (χ2v) is 7.14. The number of carbonyl (C=O) groups is 2. The Morgan fingerprint density at radius 1 is 0.897 bits per heavy atom. The number of halogens is 1. The molecule has 0 spiro atoms. The molecular formula is C24H21FN2O2. The first-order valence-corrected chi connectivity index (χ1v) is 9.58. The van der Waals surface area contributed by atoms with Crippen LogP contribution in [0.15, 0.2) is 84.9 Å². The Morgan fingerprint density at radius 2 is 1.45 bits per heavy atom. The largest absolute Gasteiger partial charge is 0.350 e. The first kappa shape index (κ1) is 18.9. The average molecular weight is 388 g/mol. The van der Waals surface area contributed by atoms with Crippen molar-refractivity contribution in [3.8, 4) is 0 Å². The van der Waals surface area contributed by atoms with Gasteiger partial charge < -0.3 is 10.2 Å². The Bertz CT molecular complexity index is 951. The molecule has 1 saturated heterocycles. The molecule has 0 aliphatic carbocycles. The summed E-state index contributed by atoms with van der Waals surface area (Å²) in [5, 5.41) is 3.04. The van der Waals surface area contributed by atoms with Gasteiger partial charge in [0.1, 0.15) is 5.82 Å². The van der Waals surface area contributed by atoms with E-state index in [1.54, 1.807) is 17.0 Å². The molecule has 3 aromatic carbocycles. The first-order valence-electron chi connectivity index (χ1n) is 9.58. The van der Waals surface area contributed by atoms with E-state index < -0.39 is 5.92 Å². The van der Waals surface area contributed by atoms with E-state index in [1.807, 2.05) is 60.7 Å². The number of hydrogen-bond donors (Lipinski definition) is 1. The summed E-state index contributed by atoms with van der Waals surface area (Å²) in [4.78, 5) is 27.2. The van der Waals surface area contributed by atoms with Crippen molar-refractivity contribution >= 4 is 17.5 Å². The molecule has 1 fully saturated rings. The fourth-order valence-electron chi connectivity index (χ4n) is 3.75. The van der Waals surface area contributed by atoms with Crippen molar-refractivity contribution in [3.05, 3.63) is 102 Å². The lowest BCUT2D eigenvalue weighted by atomic mass is 9.90. The third kappa shape index (κ3) is 4.19. The second-order valence-electron chi connectivity index (χ2n) is 7.14. The van der Waals surface area contributed by atoms with E-state index >= 15 is 0 Å². The van der Waals surface area contributed by atoms with E-state index in [0.717, 1.165) is 11.1 Å². The molecule has 1 atom stereocenters. The maximum atomic E-state index is 13.2. The van der Waals surface area contributed by atoms with Gasteiger partial charge in [-0.3, -0.25) is 9.59 Å². The lowest BCUT2D eigenvalue weighted by Crippen LogP contribution is -2.40. The number of anilines is 1. The van der Waals surface area contributed by atoms with Gasteiger partial charge in [0, 0.05) is 18.7 Å². The van der Waals surface area contributed by atoms with Crippen molar-refractivity contribution in [3.63, 3.8) is 0 Å². The molecule has 1 N–H and O–H groups in total. The Kier molecular flexibility index (Phi) is 5.38. The zero-order valence-corrected chi connectivity index (χ0v) is 15.8. The highest BCUT2D eigenvalue weighted by atomic mass is 19.1. The minimum Gasteiger partial charge on any atom is -0.350 e. The minimum atomic E-state index is -0.452. The average Bonchev–Trinajstić information content (AvgIpc) is 3.10. The second kappa shape index (κ2) is 8.27. The molecular weight excluding hydrogens is 367 g/mol.